The standard InChI is InChI=1S/C17H25FN2O.ClH/c18-15-6-4-14(5-7-15)8-11-20-16(21)12-17(13-19)9-2-1-3-10-17;/h4-7H,1-3,8-13,19H2,(H,20,21);1H. The molecule has 22 heavy (non-hydrogen) atoms. The summed E-state index contributed by atoms with van der Waals surface area (Å²) in [4.78, 5) is 12.1. The van der Waals surface area contributed by atoms with Crippen molar-refractivity contribution < 1.29 is 9.18 Å². The normalized spacial score (nSPS) is 16.6. The number of nitrogens with one attached hydrogen (secondary N) is 1. The predicted octanol–water partition coefficient (Wildman–Crippen LogP) is 3.21. The fraction of sp³-hybridized carbons (Fsp3) is 0.588. The molecule has 1 aromatic carbocycles. The number of amides is 1. The van der Waals surface area contributed by atoms with Gasteiger partial charge in [0.1, 0.15) is 5.82 Å². The Bertz CT molecular complexity index is 458. The number of carbonyl (C=O) groups excluding carboxylic acids is 1. The summed E-state index contributed by atoms with van der Waals surface area (Å²) in [6.07, 6.45) is 7.01. The average Bonchev–Trinajstić information content (AvgIpc) is 2.50. The van der Waals surface area contributed by atoms with E-state index in [9.17, 15) is 9.18 Å². The highest BCUT2D eigenvalue weighted by molar-refractivity contribution is 5.85. The number of hydrogen-bond donors (Lipinski definition) is 2. The van der Waals surface area contributed by atoms with Crippen LogP contribution in [0.3, 0.4) is 0 Å². The molecule has 0 radical (unpaired) electrons. The van der Waals surface area contributed by atoms with Crippen molar-refractivity contribution in [1.29, 1.82) is 0 Å². The highest BCUT2D eigenvalue weighted by Crippen LogP contribution is 2.38. The summed E-state index contributed by atoms with van der Waals surface area (Å²) in [5.41, 5.74) is 6.95. The van der Waals surface area contributed by atoms with E-state index < -0.39 is 0 Å². The van der Waals surface area contributed by atoms with Crippen molar-refractivity contribution in [3.8, 4) is 0 Å². The molecule has 2 rings (SSSR count). The molecule has 0 heterocycles. The van der Waals surface area contributed by atoms with Crippen LogP contribution in [0.2, 0.25) is 0 Å². The van der Waals surface area contributed by atoms with Crippen molar-refractivity contribution in [3.05, 3.63) is 35.6 Å². The maximum Gasteiger partial charge on any atom is 0.220 e. The van der Waals surface area contributed by atoms with Gasteiger partial charge in [0.05, 0.1) is 0 Å². The summed E-state index contributed by atoms with van der Waals surface area (Å²) in [6, 6.07) is 6.40. The molecule has 0 aliphatic heterocycles. The second-order valence-corrected chi connectivity index (χ2v) is 6.17. The maximum atomic E-state index is 12.8. The molecule has 1 fully saturated rings. The first-order valence-electron chi connectivity index (χ1n) is 7.85. The van der Waals surface area contributed by atoms with Gasteiger partial charge in [-0.3, -0.25) is 4.79 Å². The van der Waals surface area contributed by atoms with E-state index in [4.69, 9.17) is 5.73 Å². The molecule has 0 unspecified atom stereocenters. The third kappa shape index (κ3) is 5.58. The molecule has 1 aliphatic rings. The van der Waals surface area contributed by atoms with Gasteiger partial charge in [-0.1, -0.05) is 31.4 Å². The lowest BCUT2D eigenvalue weighted by atomic mass is 9.71. The summed E-state index contributed by atoms with van der Waals surface area (Å²) in [5, 5.41) is 2.96. The lowest BCUT2D eigenvalue weighted by molar-refractivity contribution is -0.123. The van der Waals surface area contributed by atoms with E-state index >= 15 is 0 Å². The topological polar surface area (TPSA) is 55.1 Å². The molecule has 1 aliphatic carbocycles. The summed E-state index contributed by atoms with van der Waals surface area (Å²) in [6.45, 7) is 1.18. The molecule has 0 spiro atoms. The van der Waals surface area contributed by atoms with Crippen molar-refractivity contribution in [3.63, 3.8) is 0 Å². The summed E-state index contributed by atoms with van der Waals surface area (Å²) in [7, 11) is 0. The zero-order valence-corrected chi connectivity index (χ0v) is 13.8. The van der Waals surface area contributed by atoms with Crippen molar-refractivity contribution in [1.82, 2.24) is 5.32 Å². The van der Waals surface area contributed by atoms with E-state index in [1.54, 1.807) is 12.1 Å². The molecule has 0 saturated heterocycles. The Hall–Kier alpha value is -1.13. The van der Waals surface area contributed by atoms with E-state index in [-0.39, 0.29) is 29.5 Å². The zero-order chi connectivity index (χ0) is 15.1. The van der Waals surface area contributed by atoms with Crippen molar-refractivity contribution in [2.75, 3.05) is 13.1 Å². The van der Waals surface area contributed by atoms with Crippen molar-refractivity contribution in [2.45, 2.75) is 44.9 Å². The molecule has 3 nitrogen and oxygen atoms in total. The van der Waals surface area contributed by atoms with Gasteiger partial charge < -0.3 is 11.1 Å². The van der Waals surface area contributed by atoms with Crippen LogP contribution in [0.25, 0.3) is 0 Å². The summed E-state index contributed by atoms with van der Waals surface area (Å²) >= 11 is 0. The maximum absolute atomic E-state index is 12.8. The highest BCUT2D eigenvalue weighted by Gasteiger charge is 2.32. The molecular formula is C17H26ClFN2O. The minimum absolute atomic E-state index is 0. The largest absolute Gasteiger partial charge is 0.356 e. The third-order valence-corrected chi connectivity index (χ3v) is 4.53. The van der Waals surface area contributed by atoms with Gasteiger partial charge in [0.15, 0.2) is 0 Å². The Balaban J connectivity index is 0.00000242. The van der Waals surface area contributed by atoms with Gasteiger partial charge in [-0.15, -0.1) is 12.4 Å². The summed E-state index contributed by atoms with van der Waals surface area (Å²) in [5.74, 6) is -0.144. The van der Waals surface area contributed by atoms with Gasteiger partial charge in [0, 0.05) is 13.0 Å². The Morgan fingerprint density at radius 1 is 1.18 bits per heavy atom. The van der Waals surface area contributed by atoms with Crippen molar-refractivity contribution in [2.24, 2.45) is 11.1 Å². The van der Waals surface area contributed by atoms with E-state index in [1.165, 1.54) is 31.4 Å². The number of halogens is 2. The van der Waals surface area contributed by atoms with Crippen LogP contribution in [-0.4, -0.2) is 19.0 Å². The smallest absolute Gasteiger partial charge is 0.220 e. The first-order chi connectivity index (χ1) is 10.1. The number of carbonyl (C=O) groups is 1. The number of nitrogens with two attached hydrogens (primary N) is 1. The van der Waals surface area contributed by atoms with Crippen LogP contribution in [0.5, 0.6) is 0 Å². The first-order valence-corrected chi connectivity index (χ1v) is 7.85. The second-order valence-electron chi connectivity index (χ2n) is 6.17. The van der Waals surface area contributed by atoms with E-state index in [2.05, 4.69) is 5.32 Å². The van der Waals surface area contributed by atoms with Gasteiger partial charge in [-0.25, -0.2) is 4.39 Å². The van der Waals surface area contributed by atoms with Crippen LogP contribution >= 0.6 is 12.4 Å². The molecule has 1 saturated carbocycles. The third-order valence-electron chi connectivity index (χ3n) is 4.53. The molecular weight excluding hydrogens is 303 g/mol. The minimum atomic E-state index is -0.232. The lowest BCUT2D eigenvalue weighted by Crippen LogP contribution is -2.39. The second kappa shape index (κ2) is 9.11. The van der Waals surface area contributed by atoms with Crippen LogP contribution < -0.4 is 11.1 Å². The lowest BCUT2D eigenvalue weighted by Gasteiger charge is -2.35. The van der Waals surface area contributed by atoms with Crippen LogP contribution in [-0.2, 0) is 11.2 Å². The molecule has 1 amide bonds. The van der Waals surface area contributed by atoms with Crippen LogP contribution in [0.4, 0.5) is 4.39 Å². The predicted molar refractivity (Wildman–Crippen MR) is 89.6 cm³/mol. The number of rotatable bonds is 6. The first kappa shape index (κ1) is 18.9. The monoisotopic (exact) mass is 328 g/mol. The Kier molecular flexibility index (Phi) is 7.83. The molecule has 3 N–H and O–H groups in total. The fourth-order valence-corrected chi connectivity index (χ4v) is 3.16. The zero-order valence-electron chi connectivity index (χ0n) is 12.9. The Morgan fingerprint density at radius 3 is 2.41 bits per heavy atom. The Labute approximate surface area is 138 Å². The van der Waals surface area contributed by atoms with Gasteiger partial charge in [-0.05, 0) is 48.9 Å². The van der Waals surface area contributed by atoms with Gasteiger partial charge in [-0.2, -0.15) is 0 Å². The van der Waals surface area contributed by atoms with E-state index in [1.807, 2.05) is 0 Å². The van der Waals surface area contributed by atoms with Crippen LogP contribution in [0.1, 0.15) is 44.1 Å². The number of hydrogen-bond acceptors (Lipinski definition) is 2. The molecule has 0 bridgehead atoms. The van der Waals surface area contributed by atoms with Crippen molar-refractivity contribution >= 4 is 18.3 Å². The SMILES string of the molecule is Cl.NCC1(CC(=O)NCCc2ccc(F)cc2)CCCCC1. The summed E-state index contributed by atoms with van der Waals surface area (Å²) < 4.78 is 12.8. The Morgan fingerprint density at radius 2 is 1.82 bits per heavy atom. The molecule has 1 aromatic rings. The van der Waals surface area contributed by atoms with E-state index in [0.29, 0.717) is 19.5 Å². The fourth-order valence-electron chi connectivity index (χ4n) is 3.16. The van der Waals surface area contributed by atoms with Gasteiger partial charge >= 0.3 is 0 Å². The van der Waals surface area contributed by atoms with Gasteiger partial charge in [0.25, 0.3) is 0 Å². The number of benzene rings is 1. The average molecular weight is 329 g/mol. The minimum Gasteiger partial charge on any atom is -0.356 e. The highest BCUT2D eigenvalue weighted by atomic mass is 35.5. The van der Waals surface area contributed by atoms with Crippen LogP contribution in [0, 0.1) is 11.2 Å². The molecule has 0 aromatic heterocycles. The molecule has 124 valence electrons. The molecule has 5 heteroatoms. The van der Waals surface area contributed by atoms with E-state index in [0.717, 1.165) is 24.8 Å². The van der Waals surface area contributed by atoms with Crippen LogP contribution in [0.15, 0.2) is 24.3 Å². The molecule has 0 atom stereocenters. The van der Waals surface area contributed by atoms with Gasteiger partial charge in [0.2, 0.25) is 5.91 Å². The quantitative estimate of drug-likeness (QED) is 0.842.